The van der Waals surface area contributed by atoms with Crippen LogP contribution in [0.2, 0.25) is 13.1 Å². The van der Waals surface area contributed by atoms with Crippen molar-refractivity contribution in [1.29, 1.82) is 0 Å². The van der Waals surface area contributed by atoms with Gasteiger partial charge in [-0.2, -0.15) is 0 Å². The van der Waals surface area contributed by atoms with E-state index in [1.165, 1.54) is 0 Å². The van der Waals surface area contributed by atoms with Crippen LogP contribution in [0.5, 0.6) is 0 Å². The summed E-state index contributed by atoms with van der Waals surface area (Å²) < 4.78 is 5.17. The minimum absolute atomic E-state index is 0.0442. The molecule has 1 rings (SSSR count). The van der Waals surface area contributed by atoms with Gasteiger partial charge < -0.3 is 4.74 Å². The van der Waals surface area contributed by atoms with Crippen LogP contribution >= 0.6 is 0 Å². The van der Waals surface area contributed by atoms with Crippen molar-refractivity contribution in [3.05, 3.63) is 0 Å². The van der Waals surface area contributed by atoms with Crippen molar-refractivity contribution in [3.8, 4) is 0 Å². The molecule has 0 radical (unpaired) electrons. The molecule has 0 aliphatic carbocycles. The summed E-state index contributed by atoms with van der Waals surface area (Å²) in [7, 11) is -0.886. The number of esters is 1. The van der Waals surface area contributed by atoms with Gasteiger partial charge in [0.1, 0.15) is 0 Å². The third kappa shape index (κ3) is 4.33. The molecular weight excluding hydrogens is 292 g/mol. The van der Waals surface area contributed by atoms with E-state index in [-0.39, 0.29) is 17.4 Å². The molecule has 0 N–H and O–H groups in total. The molecule has 5 heteroatoms. The summed E-state index contributed by atoms with van der Waals surface area (Å²) in [6, 6.07) is 0. The van der Waals surface area contributed by atoms with E-state index >= 15 is 0 Å². The zero-order chi connectivity index (χ0) is 17.1. The molecule has 2 unspecified atom stereocenters. The number of carbonyl (C=O) groups excluding carboxylic acids is 1. The number of ether oxygens (including phenoxy) is 1. The number of carbonyl (C=O) groups is 1. The number of hydrogen-bond donors (Lipinski definition) is 0. The van der Waals surface area contributed by atoms with Crippen LogP contribution in [0.1, 0.15) is 41.5 Å². The monoisotopic (exact) mass is 328 g/mol. The van der Waals surface area contributed by atoms with E-state index in [1.54, 1.807) is 0 Å². The SMILES string of the molecule is CCOC(=O)C(C)CN1CCN(C(C)(C)C(C)C)C1[SiH](C)C. The smallest absolute Gasteiger partial charge is 0.309 e. The highest BCUT2D eigenvalue weighted by Gasteiger charge is 2.43. The Labute approximate surface area is 138 Å². The number of nitrogens with zero attached hydrogens (tertiary/aromatic N) is 2. The van der Waals surface area contributed by atoms with E-state index in [2.05, 4.69) is 50.6 Å². The summed E-state index contributed by atoms with van der Waals surface area (Å²) >= 11 is 0. The zero-order valence-corrected chi connectivity index (χ0v) is 17.0. The molecule has 1 fully saturated rings. The van der Waals surface area contributed by atoms with Crippen molar-refractivity contribution >= 4 is 14.8 Å². The predicted molar refractivity (Wildman–Crippen MR) is 95.7 cm³/mol. The highest BCUT2D eigenvalue weighted by molar-refractivity contribution is 6.57. The first kappa shape index (κ1) is 19.7. The summed E-state index contributed by atoms with van der Waals surface area (Å²) in [6.45, 7) is 21.5. The van der Waals surface area contributed by atoms with Crippen LogP contribution in [-0.4, -0.2) is 62.1 Å². The standard InChI is InChI=1S/C17H36N2O2Si/c1-9-21-15(20)14(4)12-18-10-11-19(16(18)22(7)8)17(5,6)13(2)3/h13-14,16,22H,9-12H2,1-8H3. The molecule has 0 aromatic heterocycles. The average Bonchev–Trinajstić information content (AvgIpc) is 2.83. The Morgan fingerprint density at radius 1 is 1.27 bits per heavy atom. The van der Waals surface area contributed by atoms with Crippen LogP contribution in [0.15, 0.2) is 0 Å². The van der Waals surface area contributed by atoms with Gasteiger partial charge in [-0.1, -0.05) is 33.9 Å². The van der Waals surface area contributed by atoms with E-state index in [1.807, 2.05) is 13.8 Å². The van der Waals surface area contributed by atoms with Crippen molar-refractivity contribution in [2.45, 2.75) is 66.0 Å². The lowest BCUT2D eigenvalue weighted by Crippen LogP contribution is -2.58. The highest BCUT2D eigenvalue weighted by Crippen LogP contribution is 2.32. The topological polar surface area (TPSA) is 32.8 Å². The van der Waals surface area contributed by atoms with Crippen LogP contribution in [0.3, 0.4) is 0 Å². The van der Waals surface area contributed by atoms with Gasteiger partial charge >= 0.3 is 5.97 Å². The lowest BCUT2D eigenvalue weighted by atomic mass is 9.89. The highest BCUT2D eigenvalue weighted by atomic mass is 28.3. The lowest BCUT2D eigenvalue weighted by Gasteiger charge is -2.45. The summed E-state index contributed by atoms with van der Waals surface area (Å²) in [4.78, 5) is 17.2. The fraction of sp³-hybridized carbons (Fsp3) is 0.941. The molecule has 0 aromatic carbocycles. The fourth-order valence-corrected chi connectivity index (χ4v) is 5.72. The summed E-state index contributed by atoms with van der Waals surface area (Å²) in [6.07, 6.45) is 0. The maximum atomic E-state index is 11.9. The molecule has 130 valence electrons. The van der Waals surface area contributed by atoms with E-state index in [0.29, 0.717) is 18.3 Å². The molecule has 22 heavy (non-hydrogen) atoms. The van der Waals surface area contributed by atoms with Crippen LogP contribution in [0.25, 0.3) is 0 Å². The first-order valence-electron chi connectivity index (χ1n) is 8.80. The van der Waals surface area contributed by atoms with Gasteiger partial charge in [0.15, 0.2) is 0 Å². The minimum Gasteiger partial charge on any atom is -0.466 e. The molecule has 0 spiro atoms. The average molecular weight is 329 g/mol. The van der Waals surface area contributed by atoms with E-state index in [0.717, 1.165) is 19.6 Å². The molecule has 0 amide bonds. The predicted octanol–water partition coefficient (Wildman–Crippen LogP) is 2.59. The molecule has 0 bridgehead atoms. The fourth-order valence-electron chi connectivity index (χ4n) is 3.35. The van der Waals surface area contributed by atoms with Gasteiger partial charge in [0.2, 0.25) is 0 Å². The summed E-state index contributed by atoms with van der Waals surface area (Å²) in [5.41, 5.74) is 0.198. The lowest BCUT2D eigenvalue weighted by molar-refractivity contribution is -0.148. The van der Waals surface area contributed by atoms with Crippen LogP contribution < -0.4 is 0 Å². The molecule has 1 aliphatic rings. The molecule has 1 aliphatic heterocycles. The molecular formula is C17H36N2O2Si. The Morgan fingerprint density at radius 3 is 2.32 bits per heavy atom. The van der Waals surface area contributed by atoms with Gasteiger partial charge in [0.05, 0.1) is 21.3 Å². The van der Waals surface area contributed by atoms with Gasteiger partial charge in [-0.05, 0) is 26.7 Å². The second-order valence-electron chi connectivity index (χ2n) is 7.81. The first-order chi connectivity index (χ1) is 10.1. The molecule has 4 nitrogen and oxygen atoms in total. The Hall–Kier alpha value is -0.393. The van der Waals surface area contributed by atoms with Crippen LogP contribution in [0.4, 0.5) is 0 Å². The molecule has 1 heterocycles. The minimum atomic E-state index is -0.886. The van der Waals surface area contributed by atoms with Crippen molar-refractivity contribution < 1.29 is 9.53 Å². The second kappa shape index (κ2) is 7.93. The van der Waals surface area contributed by atoms with Crippen molar-refractivity contribution in [2.75, 3.05) is 26.2 Å². The largest absolute Gasteiger partial charge is 0.466 e. The maximum Gasteiger partial charge on any atom is 0.309 e. The van der Waals surface area contributed by atoms with Gasteiger partial charge in [0, 0.05) is 31.0 Å². The number of rotatable bonds is 7. The van der Waals surface area contributed by atoms with Gasteiger partial charge in [-0.25, -0.2) is 0 Å². The Bertz CT molecular complexity index is 372. The molecule has 2 atom stereocenters. The Morgan fingerprint density at radius 2 is 1.86 bits per heavy atom. The summed E-state index contributed by atoms with van der Waals surface area (Å²) in [5.74, 6) is 1.05. The molecule has 1 saturated heterocycles. The molecule has 0 saturated carbocycles. The van der Waals surface area contributed by atoms with Crippen molar-refractivity contribution in [1.82, 2.24) is 9.80 Å². The van der Waals surface area contributed by atoms with Crippen LogP contribution in [-0.2, 0) is 9.53 Å². The van der Waals surface area contributed by atoms with E-state index in [9.17, 15) is 4.79 Å². The zero-order valence-electron chi connectivity index (χ0n) is 15.8. The van der Waals surface area contributed by atoms with Crippen LogP contribution in [0, 0.1) is 11.8 Å². The molecule has 0 aromatic rings. The Balaban J connectivity index is 2.83. The normalized spacial score (nSPS) is 22.5. The first-order valence-corrected chi connectivity index (χ1v) is 11.8. The number of hydrogen-bond acceptors (Lipinski definition) is 4. The van der Waals surface area contributed by atoms with E-state index < -0.39 is 8.80 Å². The van der Waals surface area contributed by atoms with Crippen molar-refractivity contribution in [2.24, 2.45) is 11.8 Å². The second-order valence-corrected chi connectivity index (χ2v) is 10.9. The van der Waals surface area contributed by atoms with Gasteiger partial charge in [0.25, 0.3) is 0 Å². The van der Waals surface area contributed by atoms with Gasteiger partial charge in [-0.3, -0.25) is 14.6 Å². The maximum absolute atomic E-state index is 11.9. The van der Waals surface area contributed by atoms with Gasteiger partial charge in [-0.15, -0.1) is 0 Å². The summed E-state index contributed by atoms with van der Waals surface area (Å²) in [5, 5.41) is 0. The third-order valence-electron chi connectivity index (χ3n) is 5.27. The third-order valence-corrected chi connectivity index (χ3v) is 7.24. The van der Waals surface area contributed by atoms with Crippen molar-refractivity contribution in [3.63, 3.8) is 0 Å². The Kier molecular flexibility index (Phi) is 7.08. The van der Waals surface area contributed by atoms with E-state index in [4.69, 9.17) is 4.74 Å². The quantitative estimate of drug-likeness (QED) is 0.531.